The van der Waals surface area contributed by atoms with E-state index in [1.165, 1.54) is 13.0 Å². The van der Waals surface area contributed by atoms with E-state index in [2.05, 4.69) is 0 Å². The van der Waals surface area contributed by atoms with Crippen LogP contribution in [0.25, 0.3) is 11.1 Å². The highest BCUT2D eigenvalue weighted by molar-refractivity contribution is 8.00. The molecular weight excluding hydrogens is 406 g/mol. The summed E-state index contributed by atoms with van der Waals surface area (Å²) in [6.45, 7) is 6.78. The Bertz CT molecular complexity index is 890. The van der Waals surface area contributed by atoms with Gasteiger partial charge < -0.3 is 10.5 Å². The van der Waals surface area contributed by atoms with Crippen molar-refractivity contribution >= 4 is 17.7 Å². The van der Waals surface area contributed by atoms with Crippen LogP contribution in [0.2, 0.25) is 0 Å². The minimum absolute atomic E-state index is 0.147. The van der Waals surface area contributed by atoms with Crippen molar-refractivity contribution in [3.8, 4) is 11.1 Å². The van der Waals surface area contributed by atoms with Gasteiger partial charge in [-0.25, -0.2) is 4.39 Å². The number of hydrogen-bond acceptors (Lipinski definition) is 4. The zero-order valence-corrected chi connectivity index (χ0v) is 17.4. The third kappa shape index (κ3) is 5.73. The van der Waals surface area contributed by atoms with Crippen molar-refractivity contribution in [2.45, 2.75) is 50.1 Å². The lowest BCUT2D eigenvalue weighted by atomic mass is 9.94. The minimum Gasteiger partial charge on any atom is -0.466 e. The van der Waals surface area contributed by atoms with E-state index in [1.54, 1.807) is 39.0 Å². The molecule has 1 unspecified atom stereocenters. The smallest absolute Gasteiger partial charge is 0.419 e. The predicted molar refractivity (Wildman–Crippen MR) is 106 cm³/mol. The van der Waals surface area contributed by atoms with Crippen LogP contribution in [0.3, 0.4) is 0 Å². The van der Waals surface area contributed by atoms with E-state index < -0.39 is 28.4 Å². The van der Waals surface area contributed by atoms with Crippen molar-refractivity contribution in [1.82, 2.24) is 0 Å². The third-order valence-corrected chi connectivity index (χ3v) is 5.39. The number of rotatable bonds is 6. The first-order valence-electron chi connectivity index (χ1n) is 8.96. The molecule has 29 heavy (non-hydrogen) atoms. The van der Waals surface area contributed by atoms with Crippen molar-refractivity contribution in [3.63, 3.8) is 0 Å². The second kappa shape index (κ2) is 8.75. The maximum atomic E-state index is 14.8. The van der Waals surface area contributed by atoms with Gasteiger partial charge in [0.1, 0.15) is 5.82 Å². The highest BCUT2D eigenvalue weighted by Gasteiger charge is 2.37. The van der Waals surface area contributed by atoms with Gasteiger partial charge in [0.15, 0.2) is 0 Å². The summed E-state index contributed by atoms with van der Waals surface area (Å²) in [6.07, 6.45) is -5.15. The second-order valence-corrected chi connectivity index (χ2v) is 8.57. The molecule has 0 fully saturated rings. The summed E-state index contributed by atoms with van der Waals surface area (Å²) in [4.78, 5) is 10.1. The Balaban J connectivity index is 2.59. The average Bonchev–Trinajstić information content (AvgIpc) is 2.55. The molecule has 0 saturated heterocycles. The van der Waals surface area contributed by atoms with Gasteiger partial charge in [-0.3, -0.25) is 4.79 Å². The fourth-order valence-corrected chi connectivity index (χ4v) is 4.16. The number of carbonyl (C=O) groups excluding carboxylic acids is 1. The van der Waals surface area contributed by atoms with E-state index in [4.69, 9.17) is 10.5 Å². The molecule has 2 aromatic rings. The van der Waals surface area contributed by atoms with Crippen LogP contribution < -0.4 is 5.73 Å². The van der Waals surface area contributed by atoms with Gasteiger partial charge in [-0.15, -0.1) is 11.8 Å². The lowest BCUT2D eigenvalue weighted by Gasteiger charge is -2.24. The number of carbonyl (C=O) groups is 1. The molecule has 0 amide bonds. The molecule has 0 aromatic heterocycles. The molecular formula is C21H23F4NO2S. The fraction of sp³-hybridized carbons (Fsp3) is 0.381. The van der Waals surface area contributed by atoms with Crippen molar-refractivity contribution in [2.24, 2.45) is 5.73 Å². The lowest BCUT2D eigenvalue weighted by molar-refractivity contribution is -0.143. The number of thioether (sulfide) groups is 1. The lowest BCUT2D eigenvalue weighted by Crippen LogP contribution is -2.35. The van der Waals surface area contributed by atoms with E-state index in [0.717, 1.165) is 17.2 Å². The second-order valence-electron chi connectivity index (χ2n) is 7.00. The summed E-state index contributed by atoms with van der Waals surface area (Å²) in [5.74, 6) is -2.01. The molecule has 0 bridgehead atoms. The summed E-state index contributed by atoms with van der Waals surface area (Å²) >= 11 is 0.679. The van der Waals surface area contributed by atoms with Crippen LogP contribution in [0, 0.1) is 19.7 Å². The molecule has 0 spiro atoms. The molecule has 0 saturated carbocycles. The van der Waals surface area contributed by atoms with Gasteiger partial charge in [0, 0.05) is 4.90 Å². The summed E-state index contributed by atoms with van der Waals surface area (Å²) in [5, 5.41) is 0. The number of alkyl halides is 3. The van der Waals surface area contributed by atoms with Gasteiger partial charge in [-0.05, 0) is 62.1 Å². The Morgan fingerprint density at radius 3 is 2.28 bits per heavy atom. The molecule has 0 radical (unpaired) electrons. The zero-order chi connectivity index (χ0) is 22.0. The van der Waals surface area contributed by atoms with Gasteiger partial charge in [-0.1, -0.05) is 18.2 Å². The van der Waals surface area contributed by atoms with Crippen LogP contribution in [-0.2, 0) is 15.7 Å². The quantitative estimate of drug-likeness (QED) is 0.271. The summed E-state index contributed by atoms with van der Waals surface area (Å²) < 4.78 is 60.2. The Morgan fingerprint density at radius 2 is 1.76 bits per heavy atom. The first-order chi connectivity index (χ1) is 13.4. The van der Waals surface area contributed by atoms with Crippen LogP contribution in [0.5, 0.6) is 0 Å². The molecule has 158 valence electrons. The van der Waals surface area contributed by atoms with Gasteiger partial charge in [0.25, 0.3) is 0 Å². The van der Waals surface area contributed by atoms with Crippen LogP contribution in [0.4, 0.5) is 17.6 Å². The molecule has 2 aromatic carbocycles. The number of hydrogen-bond donors (Lipinski definition) is 1. The molecule has 8 heteroatoms. The number of halogens is 4. The zero-order valence-electron chi connectivity index (χ0n) is 16.6. The van der Waals surface area contributed by atoms with Crippen molar-refractivity contribution in [3.05, 3.63) is 52.8 Å². The van der Waals surface area contributed by atoms with E-state index in [0.29, 0.717) is 17.3 Å². The SMILES string of the molecule is CCOC(=O)CC(C)(N)Sc1cc(-c2c(C)cccc2C)cc(C(F)(F)F)c1F. The van der Waals surface area contributed by atoms with Gasteiger partial charge in [0.05, 0.1) is 23.5 Å². The number of benzene rings is 2. The molecule has 0 aliphatic heterocycles. The topological polar surface area (TPSA) is 52.3 Å². The Labute approximate surface area is 171 Å². The maximum absolute atomic E-state index is 14.8. The maximum Gasteiger partial charge on any atom is 0.419 e. The van der Waals surface area contributed by atoms with E-state index in [-0.39, 0.29) is 23.5 Å². The number of esters is 1. The van der Waals surface area contributed by atoms with Crippen LogP contribution in [-0.4, -0.2) is 17.4 Å². The third-order valence-electron chi connectivity index (χ3n) is 4.26. The van der Waals surface area contributed by atoms with E-state index in [9.17, 15) is 22.4 Å². The molecule has 1 atom stereocenters. The minimum atomic E-state index is -4.88. The number of aryl methyl sites for hydroxylation is 2. The normalized spacial score (nSPS) is 13.8. The van der Waals surface area contributed by atoms with Crippen molar-refractivity contribution in [2.75, 3.05) is 6.61 Å². The molecule has 0 aliphatic rings. The summed E-state index contributed by atoms with van der Waals surface area (Å²) in [5.41, 5.74) is 7.08. The number of nitrogens with two attached hydrogens (primary N) is 1. The Hall–Kier alpha value is -2.06. The molecule has 2 N–H and O–H groups in total. The Morgan fingerprint density at radius 1 is 1.17 bits per heavy atom. The highest BCUT2D eigenvalue weighted by atomic mass is 32.2. The van der Waals surface area contributed by atoms with Crippen LogP contribution in [0.15, 0.2) is 35.2 Å². The van der Waals surface area contributed by atoms with Crippen molar-refractivity contribution in [1.29, 1.82) is 0 Å². The molecule has 3 nitrogen and oxygen atoms in total. The molecule has 0 aliphatic carbocycles. The van der Waals surface area contributed by atoms with E-state index >= 15 is 0 Å². The predicted octanol–water partition coefficient (Wildman–Crippen LogP) is 5.85. The van der Waals surface area contributed by atoms with Gasteiger partial charge >= 0.3 is 12.1 Å². The summed E-state index contributed by atoms with van der Waals surface area (Å²) in [6, 6.07) is 7.52. The number of ether oxygens (including phenoxy) is 1. The first kappa shape index (κ1) is 23.2. The molecule has 0 heterocycles. The monoisotopic (exact) mass is 429 g/mol. The summed E-state index contributed by atoms with van der Waals surface area (Å²) in [7, 11) is 0. The van der Waals surface area contributed by atoms with Crippen LogP contribution >= 0.6 is 11.8 Å². The Kier molecular flexibility index (Phi) is 7.01. The van der Waals surface area contributed by atoms with Gasteiger partial charge in [0.2, 0.25) is 0 Å². The first-order valence-corrected chi connectivity index (χ1v) is 9.78. The highest BCUT2D eigenvalue weighted by Crippen LogP contribution is 2.42. The fourth-order valence-electron chi connectivity index (χ4n) is 3.08. The standard InChI is InChI=1S/C21H23F4NO2S/c1-5-28-17(27)11-20(4,26)29-16-10-14(9-15(19(16)22)21(23,24)25)18-12(2)7-6-8-13(18)3/h6-10H,5,11,26H2,1-4H3. The van der Waals surface area contributed by atoms with Gasteiger partial charge in [-0.2, -0.15) is 13.2 Å². The molecule has 2 rings (SSSR count). The average molecular weight is 429 g/mol. The largest absolute Gasteiger partial charge is 0.466 e. The van der Waals surface area contributed by atoms with Crippen LogP contribution in [0.1, 0.15) is 37.0 Å². The van der Waals surface area contributed by atoms with Crippen molar-refractivity contribution < 1.29 is 27.1 Å². The van der Waals surface area contributed by atoms with E-state index in [1.807, 2.05) is 0 Å².